The van der Waals surface area contributed by atoms with Crippen LogP contribution in [0, 0.1) is 17.8 Å². The molecule has 0 radical (unpaired) electrons. The van der Waals surface area contributed by atoms with Gasteiger partial charge < -0.3 is 20.1 Å². The van der Waals surface area contributed by atoms with Crippen LogP contribution in [0.3, 0.4) is 0 Å². The van der Waals surface area contributed by atoms with Crippen LogP contribution in [0.5, 0.6) is 0 Å². The number of amides is 2. The van der Waals surface area contributed by atoms with E-state index < -0.39 is 28.7 Å². The number of hydrogen-bond acceptors (Lipinski definition) is 6. The molecule has 7 nitrogen and oxygen atoms in total. The van der Waals surface area contributed by atoms with Crippen LogP contribution in [0.25, 0.3) is 0 Å². The highest BCUT2D eigenvalue weighted by molar-refractivity contribution is 8.02. The molecule has 3 saturated heterocycles. The van der Waals surface area contributed by atoms with Gasteiger partial charge in [-0.3, -0.25) is 14.4 Å². The lowest BCUT2D eigenvalue weighted by Gasteiger charge is -2.38. The molecule has 6 atom stereocenters. The number of esters is 1. The van der Waals surface area contributed by atoms with E-state index in [2.05, 4.69) is 5.32 Å². The minimum Gasteiger partial charge on any atom is -0.466 e. The van der Waals surface area contributed by atoms with Crippen molar-refractivity contribution < 1.29 is 24.2 Å². The second-order valence-corrected chi connectivity index (χ2v) is 10.3. The first-order valence-corrected chi connectivity index (χ1v) is 11.1. The van der Waals surface area contributed by atoms with Crippen molar-refractivity contribution in [2.24, 2.45) is 17.8 Å². The molecule has 3 aliphatic heterocycles. The number of ether oxygens (including phenoxy) is 1. The van der Waals surface area contributed by atoms with Crippen molar-refractivity contribution in [2.45, 2.75) is 75.6 Å². The summed E-state index contributed by atoms with van der Waals surface area (Å²) in [6, 6.07) is -1.20. The highest BCUT2D eigenvalue weighted by Crippen LogP contribution is 2.66. The van der Waals surface area contributed by atoms with Crippen molar-refractivity contribution >= 4 is 29.5 Å². The van der Waals surface area contributed by atoms with E-state index in [1.807, 2.05) is 27.7 Å². The maximum atomic E-state index is 13.6. The van der Waals surface area contributed by atoms with Gasteiger partial charge in [0.1, 0.15) is 6.04 Å². The molecule has 3 heterocycles. The van der Waals surface area contributed by atoms with Crippen molar-refractivity contribution in [1.29, 1.82) is 0 Å². The van der Waals surface area contributed by atoms with Crippen LogP contribution in [-0.2, 0) is 19.1 Å². The Morgan fingerprint density at radius 1 is 1.36 bits per heavy atom. The summed E-state index contributed by atoms with van der Waals surface area (Å²) < 4.78 is 4.66. The Morgan fingerprint density at radius 3 is 2.57 bits per heavy atom. The first-order valence-electron chi connectivity index (χ1n) is 10.3. The lowest BCUT2D eigenvalue weighted by atomic mass is 9.71. The third-order valence-corrected chi connectivity index (χ3v) is 8.24. The summed E-state index contributed by atoms with van der Waals surface area (Å²) >= 11 is 1.62. The van der Waals surface area contributed by atoms with Gasteiger partial charge in [0.15, 0.2) is 0 Å². The molecule has 2 unspecified atom stereocenters. The molecule has 2 bridgehead atoms. The number of hydrogen-bond donors (Lipinski definition) is 2. The molecule has 8 heteroatoms. The van der Waals surface area contributed by atoms with E-state index in [4.69, 9.17) is 4.74 Å². The van der Waals surface area contributed by atoms with Crippen molar-refractivity contribution in [3.8, 4) is 0 Å². The van der Waals surface area contributed by atoms with Gasteiger partial charge in [0.2, 0.25) is 11.8 Å². The average molecular weight is 413 g/mol. The standard InChI is InChI=1S/C20H32N2O5S/c1-6-27-19(26)14-13-7-8-20(28-13)15(14)18(25)22(12(9-23)10(2)3)16(20)17(24)21-11(4)5/h10-16,23H,6-9H2,1-5H3,(H,21,24)/t12-,13+,14-,15-,16?,20?/m0/s1. The van der Waals surface area contributed by atoms with E-state index in [1.165, 1.54) is 0 Å². The number of carbonyl (C=O) groups is 3. The molecule has 0 aromatic heterocycles. The van der Waals surface area contributed by atoms with E-state index in [-0.39, 0.29) is 48.2 Å². The van der Waals surface area contributed by atoms with Gasteiger partial charge >= 0.3 is 5.97 Å². The Balaban J connectivity index is 2.06. The van der Waals surface area contributed by atoms with Gasteiger partial charge in [-0.1, -0.05) is 13.8 Å². The highest BCUT2D eigenvalue weighted by Gasteiger charge is 2.74. The third-order valence-electron chi connectivity index (χ3n) is 6.29. The summed E-state index contributed by atoms with van der Waals surface area (Å²) in [5, 5.41) is 13.0. The van der Waals surface area contributed by atoms with Crippen molar-refractivity contribution in [1.82, 2.24) is 10.2 Å². The number of nitrogens with zero attached hydrogens (tertiary/aromatic N) is 1. The predicted molar refractivity (Wildman–Crippen MR) is 107 cm³/mol. The minimum absolute atomic E-state index is 0.0103. The lowest BCUT2D eigenvalue weighted by molar-refractivity contribution is -0.154. The molecule has 28 heavy (non-hydrogen) atoms. The second-order valence-electron chi connectivity index (χ2n) is 8.71. The molecule has 1 spiro atoms. The van der Waals surface area contributed by atoms with Crippen molar-refractivity contribution in [3.63, 3.8) is 0 Å². The maximum absolute atomic E-state index is 13.6. The van der Waals surface area contributed by atoms with Crippen LogP contribution in [0.1, 0.15) is 47.5 Å². The zero-order chi connectivity index (χ0) is 20.8. The van der Waals surface area contributed by atoms with Gasteiger partial charge in [-0.05, 0) is 39.5 Å². The molecule has 2 N–H and O–H groups in total. The first-order chi connectivity index (χ1) is 13.2. The summed E-state index contributed by atoms with van der Waals surface area (Å²) in [7, 11) is 0. The quantitative estimate of drug-likeness (QED) is 0.610. The number of fused-ring (bicyclic) bond motifs is 1. The van der Waals surface area contributed by atoms with Crippen molar-refractivity contribution in [2.75, 3.05) is 13.2 Å². The Morgan fingerprint density at radius 2 is 2.04 bits per heavy atom. The summed E-state index contributed by atoms with van der Waals surface area (Å²) in [6.45, 7) is 9.47. The van der Waals surface area contributed by atoms with E-state index in [1.54, 1.807) is 23.6 Å². The van der Waals surface area contributed by atoms with Gasteiger partial charge in [0, 0.05) is 11.3 Å². The molecule has 0 aromatic rings. The molecule has 2 amide bonds. The van der Waals surface area contributed by atoms with Gasteiger partial charge in [-0.15, -0.1) is 11.8 Å². The van der Waals surface area contributed by atoms with Crippen LogP contribution in [-0.4, -0.2) is 69.1 Å². The summed E-state index contributed by atoms with van der Waals surface area (Å²) in [4.78, 5) is 41.2. The lowest BCUT2D eigenvalue weighted by Crippen LogP contribution is -2.58. The number of carbonyl (C=O) groups excluding carboxylic acids is 3. The molecule has 3 fully saturated rings. The third kappa shape index (κ3) is 3.12. The summed E-state index contributed by atoms with van der Waals surface area (Å²) in [6.07, 6.45) is 1.51. The summed E-state index contributed by atoms with van der Waals surface area (Å²) in [5.41, 5.74) is 0. The minimum atomic E-state index is -0.679. The fraction of sp³-hybridized carbons (Fsp3) is 0.850. The second kappa shape index (κ2) is 7.86. The Labute approximate surface area is 170 Å². The smallest absolute Gasteiger partial charge is 0.310 e. The van der Waals surface area contributed by atoms with Gasteiger partial charge in [0.25, 0.3) is 0 Å². The summed E-state index contributed by atoms with van der Waals surface area (Å²) in [5.74, 6) is -1.81. The molecular formula is C20H32N2O5S. The van der Waals surface area contributed by atoms with E-state index in [0.717, 1.165) is 12.8 Å². The molecule has 0 saturated carbocycles. The van der Waals surface area contributed by atoms with Crippen molar-refractivity contribution in [3.05, 3.63) is 0 Å². The number of thioether (sulfide) groups is 1. The topological polar surface area (TPSA) is 95.9 Å². The van der Waals surface area contributed by atoms with E-state index in [9.17, 15) is 19.5 Å². The number of rotatable bonds is 7. The molecule has 0 aliphatic carbocycles. The molecule has 0 aromatic carbocycles. The predicted octanol–water partition coefficient (Wildman–Crippen LogP) is 1.18. The maximum Gasteiger partial charge on any atom is 0.310 e. The fourth-order valence-corrected chi connectivity index (χ4v) is 7.43. The van der Waals surface area contributed by atoms with Gasteiger partial charge in [-0.25, -0.2) is 0 Å². The zero-order valence-corrected chi connectivity index (χ0v) is 18.1. The number of nitrogens with one attached hydrogen (secondary N) is 1. The van der Waals surface area contributed by atoms with Gasteiger partial charge in [-0.2, -0.15) is 0 Å². The normalized spacial score (nSPS) is 34.9. The van der Waals surface area contributed by atoms with Gasteiger partial charge in [0.05, 0.1) is 35.8 Å². The number of aliphatic hydroxyl groups is 1. The zero-order valence-electron chi connectivity index (χ0n) is 17.3. The highest BCUT2D eigenvalue weighted by atomic mass is 32.2. The molecule has 158 valence electrons. The van der Waals surface area contributed by atoms with Crippen LogP contribution in [0.2, 0.25) is 0 Å². The van der Waals surface area contributed by atoms with Crippen LogP contribution < -0.4 is 5.32 Å². The largest absolute Gasteiger partial charge is 0.466 e. The number of aliphatic hydroxyl groups excluding tert-OH is 1. The van der Waals surface area contributed by atoms with Crippen LogP contribution >= 0.6 is 11.8 Å². The molecular weight excluding hydrogens is 380 g/mol. The molecule has 3 rings (SSSR count). The molecule has 3 aliphatic rings. The van der Waals surface area contributed by atoms with E-state index in [0.29, 0.717) is 0 Å². The SMILES string of the molecule is CCOC(=O)[C@@H]1[C@H]2C(=O)N([C@@H](CO)C(C)C)C(C(=O)NC(C)C)C23CC[C@H]1S3. The first kappa shape index (κ1) is 21.4. The Hall–Kier alpha value is -1.28. The Kier molecular flexibility index (Phi) is 6.01. The average Bonchev–Trinajstić information content (AvgIpc) is 3.23. The van der Waals surface area contributed by atoms with Crippen LogP contribution in [0.15, 0.2) is 0 Å². The van der Waals surface area contributed by atoms with E-state index >= 15 is 0 Å². The monoisotopic (exact) mass is 412 g/mol. The Bertz CT molecular complexity index is 655. The fourth-order valence-electron chi connectivity index (χ4n) is 5.24. The van der Waals surface area contributed by atoms with Crippen LogP contribution in [0.4, 0.5) is 0 Å². The number of likely N-dealkylation sites (tertiary alicyclic amines) is 1.